The van der Waals surface area contributed by atoms with Crippen molar-refractivity contribution in [1.29, 1.82) is 0 Å². The molecule has 0 bridgehead atoms. The van der Waals surface area contributed by atoms with Crippen LogP contribution in [0.2, 0.25) is 0 Å². The number of hydrogen-bond donors (Lipinski definition) is 1. The van der Waals surface area contributed by atoms with E-state index in [0.717, 1.165) is 11.1 Å². The van der Waals surface area contributed by atoms with E-state index < -0.39 is 15.3 Å². The monoisotopic (exact) mass is 470 g/mol. The first kappa shape index (κ1) is 22.9. The molecule has 1 saturated heterocycles. The van der Waals surface area contributed by atoms with Crippen LogP contribution in [0.5, 0.6) is 0 Å². The minimum Gasteiger partial charge on any atom is -0.369 e. The van der Waals surface area contributed by atoms with Gasteiger partial charge in [-0.05, 0) is 31.0 Å². The molecule has 3 aromatic rings. The average Bonchev–Trinajstić information content (AvgIpc) is 3.15. The van der Waals surface area contributed by atoms with Crippen molar-refractivity contribution < 1.29 is 12.8 Å². The molecule has 1 aliphatic rings. The molecule has 174 valence electrons. The van der Waals surface area contributed by atoms with Crippen molar-refractivity contribution in [1.82, 2.24) is 19.7 Å². The lowest BCUT2D eigenvalue weighted by Gasteiger charge is -2.27. The van der Waals surface area contributed by atoms with Gasteiger partial charge in [-0.1, -0.05) is 42.5 Å². The third kappa shape index (κ3) is 4.75. The Hall–Kier alpha value is -3.27. The van der Waals surface area contributed by atoms with Gasteiger partial charge in [0.25, 0.3) is 5.95 Å². The molecule has 1 aromatic heterocycles. The average molecular weight is 471 g/mol. The van der Waals surface area contributed by atoms with E-state index in [1.54, 1.807) is 18.0 Å². The minimum atomic E-state index is -3.02. The van der Waals surface area contributed by atoms with Crippen LogP contribution in [0.4, 0.5) is 10.3 Å². The van der Waals surface area contributed by atoms with Crippen LogP contribution < -0.4 is 5.73 Å². The summed E-state index contributed by atoms with van der Waals surface area (Å²) < 4.78 is 39.8. The molecule has 2 N–H and O–H groups in total. The smallest absolute Gasteiger partial charge is 0.251 e. The van der Waals surface area contributed by atoms with Gasteiger partial charge in [-0.3, -0.25) is 0 Å². The Morgan fingerprint density at radius 1 is 1.12 bits per heavy atom. The molecule has 0 saturated carbocycles. The van der Waals surface area contributed by atoms with Crippen LogP contribution in [0.3, 0.4) is 0 Å². The fourth-order valence-electron chi connectivity index (χ4n) is 3.74. The van der Waals surface area contributed by atoms with Gasteiger partial charge in [0.15, 0.2) is 21.6 Å². The quantitative estimate of drug-likeness (QED) is 0.464. The van der Waals surface area contributed by atoms with Crippen LogP contribution in [0.1, 0.15) is 25.2 Å². The summed E-state index contributed by atoms with van der Waals surface area (Å²) in [7, 11) is -1.31. The molecule has 0 atom stereocenters. The third-order valence-corrected chi connectivity index (χ3v) is 7.57. The summed E-state index contributed by atoms with van der Waals surface area (Å²) in [6, 6.07) is 14.6. The van der Waals surface area contributed by atoms with Crippen LogP contribution in [-0.4, -0.2) is 58.6 Å². The molecule has 8 nitrogen and oxygen atoms in total. The molecule has 10 heteroatoms. The second-order valence-electron chi connectivity index (χ2n) is 8.65. The Balaban J connectivity index is 1.59. The normalized spacial score (nSPS) is 16.7. The number of hydrogen-bond acceptors (Lipinski definition) is 5. The highest BCUT2D eigenvalue weighted by Crippen LogP contribution is 2.33. The second kappa shape index (κ2) is 8.58. The van der Waals surface area contributed by atoms with Crippen molar-refractivity contribution in [3.8, 4) is 11.1 Å². The number of benzene rings is 2. The highest BCUT2D eigenvalue weighted by molar-refractivity contribution is 7.91. The fourth-order valence-corrected chi connectivity index (χ4v) is 4.94. The maximum atomic E-state index is 15.0. The van der Waals surface area contributed by atoms with Gasteiger partial charge >= 0.3 is 0 Å². The molecule has 0 amide bonds. The van der Waals surface area contributed by atoms with Crippen molar-refractivity contribution in [2.45, 2.75) is 19.3 Å². The lowest BCUT2D eigenvalue weighted by Crippen LogP contribution is -2.47. The Morgan fingerprint density at radius 2 is 1.79 bits per heavy atom. The van der Waals surface area contributed by atoms with Crippen molar-refractivity contribution in [2.24, 2.45) is 17.8 Å². The summed E-state index contributed by atoms with van der Waals surface area (Å²) in [6.07, 6.45) is 0. The second-order valence-corrected chi connectivity index (χ2v) is 11.0. The molecule has 1 aliphatic heterocycles. The van der Waals surface area contributed by atoms with Gasteiger partial charge in [0, 0.05) is 25.7 Å². The largest absolute Gasteiger partial charge is 0.369 e. The lowest BCUT2D eigenvalue weighted by atomic mass is 9.83. The molecule has 2 aromatic carbocycles. The van der Waals surface area contributed by atoms with E-state index in [1.165, 1.54) is 10.7 Å². The molecule has 0 unspecified atom stereocenters. The predicted octanol–water partition coefficient (Wildman–Crippen LogP) is 2.62. The Bertz CT molecular complexity index is 1290. The summed E-state index contributed by atoms with van der Waals surface area (Å²) in [5, 5.41) is 4.50. The van der Waals surface area contributed by atoms with Gasteiger partial charge < -0.3 is 10.6 Å². The Labute approximate surface area is 192 Å². The van der Waals surface area contributed by atoms with Crippen LogP contribution in [-0.2, 0) is 22.3 Å². The zero-order valence-electron chi connectivity index (χ0n) is 18.9. The summed E-state index contributed by atoms with van der Waals surface area (Å²) in [4.78, 5) is 10.6. The van der Waals surface area contributed by atoms with E-state index in [9.17, 15) is 12.8 Å². The van der Waals surface area contributed by atoms with Crippen molar-refractivity contribution in [2.75, 3.05) is 24.6 Å². The van der Waals surface area contributed by atoms with E-state index >= 15 is 0 Å². The first-order chi connectivity index (χ1) is 15.6. The molecule has 1 fully saturated rings. The van der Waals surface area contributed by atoms with Gasteiger partial charge in [0.1, 0.15) is 5.82 Å². The van der Waals surface area contributed by atoms with Gasteiger partial charge in [-0.25, -0.2) is 17.5 Å². The van der Waals surface area contributed by atoms with Crippen molar-refractivity contribution in [3.63, 3.8) is 0 Å². The summed E-state index contributed by atoms with van der Waals surface area (Å²) in [5.74, 6) is 0.749. The number of aryl methyl sites for hydroxylation is 1. The van der Waals surface area contributed by atoms with E-state index in [4.69, 9.17) is 5.73 Å². The molecule has 0 aliphatic carbocycles. The Morgan fingerprint density at radius 3 is 2.42 bits per heavy atom. The molecular weight excluding hydrogens is 443 g/mol. The first-order valence-corrected chi connectivity index (χ1v) is 12.5. The standard InChI is InChI=1S/C23H27FN6O2S/c1-23(2,17-9-10-18(19(24)15-17)16-7-5-4-6-8-16)20-26-22(29(3)28-20)27-21(25)30-11-13-33(31,32)14-12-30/h4-10,15H,11-14H2,1-3H3,(H2,25,26,27,28). The van der Waals surface area contributed by atoms with Crippen LogP contribution in [0.15, 0.2) is 53.5 Å². The molecule has 0 radical (unpaired) electrons. The lowest BCUT2D eigenvalue weighted by molar-refractivity contribution is 0.438. The minimum absolute atomic E-state index is 0.0465. The number of guanidine groups is 1. The molecule has 2 heterocycles. The maximum Gasteiger partial charge on any atom is 0.251 e. The van der Waals surface area contributed by atoms with Crippen LogP contribution in [0.25, 0.3) is 11.1 Å². The molecular formula is C23H27FN6O2S. The highest BCUT2D eigenvalue weighted by Gasteiger charge is 2.30. The van der Waals surface area contributed by atoms with Crippen molar-refractivity contribution in [3.05, 3.63) is 65.7 Å². The van der Waals surface area contributed by atoms with E-state index in [-0.39, 0.29) is 23.3 Å². The summed E-state index contributed by atoms with van der Waals surface area (Å²) >= 11 is 0. The number of halogens is 1. The molecule has 33 heavy (non-hydrogen) atoms. The molecule has 4 rings (SSSR count). The van der Waals surface area contributed by atoms with Crippen LogP contribution in [0, 0.1) is 5.82 Å². The predicted molar refractivity (Wildman–Crippen MR) is 126 cm³/mol. The van der Waals surface area contributed by atoms with E-state index in [2.05, 4.69) is 15.1 Å². The third-order valence-electron chi connectivity index (χ3n) is 5.96. The zero-order valence-corrected chi connectivity index (χ0v) is 19.7. The SMILES string of the molecule is Cn1nc(C(C)(C)c2ccc(-c3ccccc3)c(F)c2)nc1/N=C(\N)N1CCS(=O)(=O)CC1. The van der Waals surface area contributed by atoms with Gasteiger partial charge in [-0.2, -0.15) is 15.1 Å². The highest BCUT2D eigenvalue weighted by atomic mass is 32.2. The summed E-state index contributed by atoms with van der Waals surface area (Å²) in [6.45, 7) is 4.43. The number of sulfone groups is 1. The van der Waals surface area contributed by atoms with Crippen LogP contribution >= 0.6 is 0 Å². The van der Waals surface area contributed by atoms with Gasteiger partial charge in [0.2, 0.25) is 0 Å². The van der Waals surface area contributed by atoms with Gasteiger partial charge in [0.05, 0.1) is 16.9 Å². The maximum absolute atomic E-state index is 15.0. The number of rotatable bonds is 4. The number of aromatic nitrogens is 3. The molecule has 0 spiro atoms. The zero-order chi connectivity index (χ0) is 23.8. The van der Waals surface area contributed by atoms with Gasteiger partial charge in [-0.15, -0.1) is 0 Å². The van der Waals surface area contributed by atoms with E-state index in [0.29, 0.717) is 30.4 Å². The van der Waals surface area contributed by atoms with Crippen molar-refractivity contribution >= 4 is 21.7 Å². The fraction of sp³-hybridized carbons (Fsp3) is 0.348. The number of nitrogens with zero attached hydrogens (tertiary/aromatic N) is 5. The Kier molecular flexibility index (Phi) is 5.96. The number of nitrogens with two attached hydrogens (primary N) is 1. The first-order valence-electron chi connectivity index (χ1n) is 10.6. The van der Waals surface area contributed by atoms with E-state index in [1.807, 2.05) is 50.2 Å². The number of aliphatic imine (C=N–C) groups is 1. The summed E-state index contributed by atoms with van der Waals surface area (Å²) in [5.41, 5.74) is 7.50. The topological polar surface area (TPSA) is 106 Å².